The van der Waals surface area contributed by atoms with E-state index in [1.165, 1.54) is 0 Å². The average molecular weight is 254 g/mol. The van der Waals surface area contributed by atoms with Crippen molar-refractivity contribution in [2.45, 2.75) is 44.9 Å². The molecule has 6 nitrogen and oxygen atoms in total. The Morgan fingerprint density at radius 1 is 1.50 bits per heavy atom. The van der Waals surface area contributed by atoms with Crippen LogP contribution in [-0.4, -0.2) is 41.3 Å². The molecule has 1 aliphatic rings. The van der Waals surface area contributed by atoms with Gasteiger partial charge in [-0.25, -0.2) is 0 Å². The lowest BCUT2D eigenvalue weighted by Crippen LogP contribution is -2.30. The van der Waals surface area contributed by atoms with Crippen LogP contribution in [0.5, 0.6) is 0 Å². The van der Waals surface area contributed by atoms with E-state index in [4.69, 9.17) is 15.0 Å². The van der Waals surface area contributed by atoms with Gasteiger partial charge in [-0.3, -0.25) is 4.90 Å². The molecule has 0 aliphatic carbocycles. The molecule has 1 fully saturated rings. The van der Waals surface area contributed by atoms with Gasteiger partial charge in [0.15, 0.2) is 5.82 Å². The topological polar surface area (TPSA) is 77.4 Å². The zero-order valence-electron chi connectivity index (χ0n) is 11.3. The molecule has 1 aromatic rings. The van der Waals surface area contributed by atoms with Crippen molar-refractivity contribution in [1.29, 1.82) is 0 Å². The van der Waals surface area contributed by atoms with E-state index < -0.39 is 5.54 Å². The van der Waals surface area contributed by atoms with Crippen molar-refractivity contribution in [3.8, 4) is 0 Å². The first kappa shape index (κ1) is 13.5. The Kier molecular flexibility index (Phi) is 3.99. The zero-order valence-corrected chi connectivity index (χ0v) is 11.3. The number of nitrogens with zero attached hydrogens (tertiary/aromatic N) is 3. The fourth-order valence-corrected chi connectivity index (χ4v) is 2.01. The minimum Gasteiger partial charge on any atom is -0.377 e. The van der Waals surface area contributed by atoms with E-state index in [0.717, 1.165) is 26.0 Å². The SMILES string of the molecule is CN(Cc1nc(C(C)(C)N)no1)CC1CCCO1. The number of nitrogens with two attached hydrogens (primary N) is 1. The van der Waals surface area contributed by atoms with Crippen LogP contribution in [0.15, 0.2) is 4.52 Å². The highest BCUT2D eigenvalue weighted by Crippen LogP contribution is 2.15. The lowest BCUT2D eigenvalue weighted by molar-refractivity contribution is 0.0763. The van der Waals surface area contributed by atoms with Gasteiger partial charge in [0, 0.05) is 13.2 Å². The molecule has 1 saturated heterocycles. The Bertz CT molecular complexity index is 380. The molecule has 18 heavy (non-hydrogen) atoms. The van der Waals surface area contributed by atoms with Crippen LogP contribution < -0.4 is 5.73 Å². The molecule has 1 aliphatic heterocycles. The molecule has 2 N–H and O–H groups in total. The van der Waals surface area contributed by atoms with E-state index in [1.54, 1.807) is 0 Å². The number of ether oxygens (including phenoxy) is 1. The molecule has 2 heterocycles. The molecule has 2 rings (SSSR count). The Morgan fingerprint density at radius 3 is 2.83 bits per heavy atom. The summed E-state index contributed by atoms with van der Waals surface area (Å²) in [5.74, 6) is 1.15. The van der Waals surface area contributed by atoms with Gasteiger partial charge in [-0.1, -0.05) is 5.16 Å². The standard InChI is InChI=1S/C12H22N4O2/c1-12(2,13)11-14-10(18-15-11)8-16(3)7-9-5-4-6-17-9/h9H,4-8,13H2,1-3H3. The van der Waals surface area contributed by atoms with Crippen LogP contribution in [0.25, 0.3) is 0 Å². The molecule has 102 valence electrons. The molecule has 6 heteroatoms. The Balaban J connectivity index is 1.86. The molecule has 0 aromatic carbocycles. The summed E-state index contributed by atoms with van der Waals surface area (Å²) < 4.78 is 10.8. The molecular formula is C12H22N4O2. The molecule has 0 spiro atoms. The smallest absolute Gasteiger partial charge is 0.240 e. The number of likely N-dealkylation sites (N-methyl/N-ethyl adjacent to an activating group) is 1. The van der Waals surface area contributed by atoms with Gasteiger partial charge >= 0.3 is 0 Å². The van der Waals surface area contributed by atoms with Crippen LogP contribution in [0.2, 0.25) is 0 Å². The Hall–Kier alpha value is -0.980. The second-order valence-corrected chi connectivity index (χ2v) is 5.57. The zero-order chi connectivity index (χ0) is 13.2. The third-order valence-corrected chi connectivity index (χ3v) is 2.99. The van der Waals surface area contributed by atoms with Crippen molar-refractivity contribution in [3.05, 3.63) is 11.7 Å². The summed E-state index contributed by atoms with van der Waals surface area (Å²) in [7, 11) is 2.03. The van der Waals surface area contributed by atoms with Gasteiger partial charge < -0.3 is 15.0 Å². The molecule has 0 saturated carbocycles. The maximum Gasteiger partial charge on any atom is 0.240 e. The summed E-state index contributed by atoms with van der Waals surface area (Å²) >= 11 is 0. The fourth-order valence-electron chi connectivity index (χ4n) is 2.01. The number of hydrogen-bond donors (Lipinski definition) is 1. The normalized spacial score (nSPS) is 20.8. The third kappa shape index (κ3) is 3.51. The summed E-state index contributed by atoms with van der Waals surface area (Å²) in [6.45, 7) is 6.12. The van der Waals surface area contributed by atoms with Crippen molar-refractivity contribution in [2.75, 3.05) is 20.2 Å². The highest BCUT2D eigenvalue weighted by molar-refractivity contribution is 4.98. The third-order valence-electron chi connectivity index (χ3n) is 2.99. The first-order valence-corrected chi connectivity index (χ1v) is 6.37. The van der Waals surface area contributed by atoms with Crippen LogP contribution in [-0.2, 0) is 16.8 Å². The summed E-state index contributed by atoms with van der Waals surface area (Å²) in [6, 6.07) is 0. The van der Waals surface area contributed by atoms with E-state index in [9.17, 15) is 0 Å². The van der Waals surface area contributed by atoms with E-state index in [-0.39, 0.29) is 0 Å². The quantitative estimate of drug-likeness (QED) is 0.840. The first-order valence-electron chi connectivity index (χ1n) is 6.37. The maximum atomic E-state index is 5.91. The summed E-state index contributed by atoms with van der Waals surface area (Å²) in [5, 5.41) is 3.90. The molecule has 0 radical (unpaired) electrons. The minimum absolute atomic E-state index is 0.336. The van der Waals surface area contributed by atoms with Gasteiger partial charge in [0.25, 0.3) is 0 Å². The van der Waals surface area contributed by atoms with Crippen LogP contribution in [0.4, 0.5) is 0 Å². The fraction of sp³-hybridized carbons (Fsp3) is 0.833. The van der Waals surface area contributed by atoms with Crippen molar-refractivity contribution in [2.24, 2.45) is 5.73 Å². The molecule has 1 aromatic heterocycles. The van der Waals surface area contributed by atoms with Crippen LogP contribution in [0.3, 0.4) is 0 Å². The van der Waals surface area contributed by atoms with Gasteiger partial charge in [-0.05, 0) is 33.7 Å². The maximum absolute atomic E-state index is 5.91. The van der Waals surface area contributed by atoms with Gasteiger partial charge in [-0.15, -0.1) is 0 Å². The lowest BCUT2D eigenvalue weighted by Gasteiger charge is -2.18. The summed E-state index contributed by atoms with van der Waals surface area (Å²) in [4.78, 5) is 6.45. The summed E-state index contributed by atoms with van der Waals surface area (Å²) in [6.07, 6.45) is 2.63. The predicted octanol–water partition coefficient (Wildman–Crippen LogP) is 0.874. The van der Waals surface area contributed by atoms with Crippen LogP contribution >= 0.6 is 0 Å². The van der Waals surface area contributed by atoms with Gasteiger partial charge in [0.1, 0.15) is 0 Å². The predicted molar refractivity (Wildman–Crippen MR) is 66.8 cm³/mol. The Morgan fingerprint density at radius 2 is 2.28 bits per heavy atom. The lowest BCUT2D eigenvalue weighted by atomic mass is 10.1. The van der Waals surface area contributed by atoms with E-state index in [2.05, 4.69) is 15.0 Å². The molecule has 1 unspecified atom stereocenters. The number of aromatic nitrogens is 2. The monoisotopic (exact) mass is 254 g/mol. The number of rotatable bonds is 5. The highest BCUT2D eigenvalue weighted by atomic mass is 16.5. The molecule has 0 amide bonds. The minimum atomic E-state index is -0.561. The number of hydrogen-bond acceptors (Lipinski definition) is 6. The average Bonchev–Trinajstić information content (AvgIpc) is 2.87. The van der Waals surface area contributed by atoms with Gasteiger partial charge in [0.05, 0.1) is 18.2 Å². The largest absolute Gasteiger partial charge is 0.377 e. The summed E-state index contributed by atoms with van der Waals surface area (Å²) in [5.41, 5.74) is 5.35. The van der Waals surface area contributed by atoms with Gasteiger partial charge in [0.2, 0.25) is 5.89 Å². The van der Waals surface area contributed by atoms with Crippen molar-refractivity contribution < 1.29 is 9.26 Å². The molecular weight excluding hydrogens is 232 g/mol. The first-order chi connectivity index (χ1) is 8.45. The van der Waals surface area contributed by atoms with Gasteiger partial charge in [-0.2, -0.15) is 4.98 Å². The highest BCUT2D eigenvalue weighted by Gasteiger charge is 2.23. The Labute approximate surface area is 107 Å². The van der Waals surface area contributed by atoms with Crippen LogP contribution in [0.1, 0.15) is 38.4 Å². The van der Waals surface area contributed by atoms with Crippen LogP contribution in [0, 0.1) is 0 Å². The van der Waals surface area contributed by atoms with E-state index in [0.29, 0.717) is 24.4 Å². The van der Waals surface area contributed by atoms with E-state index in [1.807, 2.05) is 20.9 Å². The second kappa shape index (κ2) is 5.34. The van der Waals surface area contributed by atoms with Crippen molar-refractivity contribution >= 4 is 0 Å². The molecule has 1 atom stereocenters. The second-order valence-electron chi connectivity index (χ2n) is 5.57. The molecule has 0 bridgehead atoms. The van der Waals surface area contributed by atoms with E-state index >= 15 is 0 Å². The van der Waals surface area contributed by atoms with Crippen molar-refractivity contribution in [3.63, 3.8) is 0 Å². The van der Waals surface area contributed by atoms with Crippen molar-refractivity contribution in [1.82, 2.24) is 15.0 Å².